The van der Waals surface area contributed by atoms with Crippen molar-refractivity contribution >= 4 is 5.91 Å². The maximum atomic E-state index is 12.5. The third kappa shape index (κ3) is 2.88. The van der Waals surface area contributed by atoms with E-state index >= 15 is 0 Å². The zero-order chi connectivity index (χ0) is 17.1. The second kappa shape index (κ2) is 6.34. The fourth-order valence-electron chi connectivity index (χ4n) is 2.44. The van der Waals surface area contributed by atoms with Crippen molar-refractivity contribution in [1.29, 1.82) is 5.26 Å². The van der Waals surface area contributed by atoms with Crippen LogP contribution in [-0.2, 0) is 6.54 Å². The summed E-state index contributed by atoms with van der Waals surface area (Å²) in [5.74, 6) is 0.506. The first-order chi connectivity index (χ1) is 11.6. The summed E-state index contributed by atoms with van der Waals surface area (Å²) in [6, 6.07) is 12.2. The lowest BCUT2D eigenvalue weighted by molar-refractivity contribution is 0.0949. The van der Waals surface area contributed by atoms with Gasteiger partial charge in [-0.3, -0.25) is 9.36 Å². The Balaban J connectivity index is 1.85. The van der Waals surface area contributed by atoms with Gasteiger partial charge in [0.25, 0.3) is 5.91 Å². The van der Waals surface area contributed by atoms with Crippen molar-refractivity contribution in [1.82, 2.24) is 9.88 Å². The summed E-state index contributed by atoms with van der Waals surface area (Å²) < 4.78 is 7.27. The lowest BCUT2D eigenvalue weighted by Gasteiger charge is -2.05. The fraction of sp³-hybridized carbons (Fsp3) is 0.111. The van der Waals surface area contributed by atoms with Crippen molar-refractivity contribution < 1.29 is 14.3 Å². The summed E-state index contributed by atoms with van der Waals surface area (Å²) in [5, 5.41) is 21.5. The van der Waals surface area contributed by atoms with Crippen molar-refractivity contribution in [3.05, 3.63) is 71.2 Å². The molecule has 0 aliphatic carbocycles. The third-order valence-electron chi connectivity index (χ3n) is 3.63. The van der Waals surface area contributed by atoms with E-state index in [1.807, 2.05) is 12.1 Å². The number of phenols is 1. The van der Waals surface area contributed by atoms with Crippen molar-refractivity contribution in [2.45, 2.75) is 13.5 Å². The second-order valence-electron chi connectivity index (χ2n) is 5.26. The number of aromatic hydroxyl groups is 1. The molecule has 24 heavy (non-hydrogen) atoms. The number of carbonyl (C=O) groups excluding carboxylic acids is 1. The monoisotopic (exact) mass is 321 g/mol. The van der Waals surface area contributed by atoms with Crippen LogP contribution in [0.1, 0.15) is 27.2 Å². The summed E-state index contributed by atoms with van der Waals surface area (Å²) in [6.07, 6.45) is 3.49. The highest BCUT2D eigenvalue weighted by atomic mass is 16.4. The third-order valence-corrected chi connectivity index (χ3v) is 3.63. The number of hydrogen-bond acceptors (Lipinski definition) is 4. The number of carbonyl (C=O) groups is 1. The lowest BCUT2D eigenvalue weighted by atomic mass is 10.1. The Hall–Kier alpha value is -3.46. The first-order valence-corrected chi connectivity index (χ1v) is 7.33. The van der Waals surface area contributed by atoms with Crippen LogP contribution in [0.2, 0.25) is 0 Å². The van der Waals surface area contributed by atoms with Gasteiger partial charge in [-0.05, 0) is 36.8 Å². The standard InChI is InChI=1S/C18H15N3O3/c1-12-16(15(10-19)18(24-12)21-8-2-3-9-21)17(23)20-11-13-4-6-14(22)7-5-13/h2-9,22H,11H2,1H3,(H,20,23). The molecule has 120 valence electrons. The molecule has 6 nitrogen and oxygen atoms in total. The normalized spacial score (nSPS) is 10.3. The van der Waals surface area contributed by atoms with Gasteiger partial charge in [0.05, 0.1) is 0 Å². The Kier molecular flexibility index (Phi) is 4.08. The average molecular weight is 321 g/mol. The number of hydrogen-bond donors (Lipinski definition) is 2. The summed E-state index contributed by atoms with van der Waals surface area (Å²) >= 11 is 0. The molecule has 0 fully saturated rings. The quantitative estimate of drug-likeness (QED) is 0.773. The number of benzene rings is 1. The predicted molar refractivity (Wildman–Crippen MR) is 86.8 cm³/mol. The van der Waals surface area contributed by atoms with Crippen LogP contribution in [-0.4, -0.2) is 15.6 Å². The van der Waals surface area contributed by atoms with E-state index in [4.69, 9.17) is 4.42 Å². The van der Waals surface area contributed by atoms with E-state index in [-0.39, 0.29) is 29.3 Å². The molecule has 0 unspecified atom stereocenters. The number of amides is 1. The molecule has 6 heteroatoms. The Morgan fingerprint density at radius 1 is 1.29 bits per heavy atom. The topological polar surface area (TPSA) is 91.2 Å². The Labute approximate surface area is 138 Å². The lowest BCUT2D eigenvalue weighted by Crippen LogP contribution is -2.23. The molecular weight excluding hydrogens is 306 g/mol. The summed E-state index contributed by atoms with van der Waals surface area (Å²) in [5.41, 5.74) is 1.28. The molecule has 0 aliphatic heterocycles. The van der Waals surface area contributed by atoms with Crippen LogP contribution in [0, 0.1) is 18.3 Å². The first-order valence-electron chi connectivity index (χ1n) is 7.33. The zero-order valence-electron chi connectivity index (χ0n) is 13.0. The molecule has 2 aromatic heterocycles. The van der Waals surface area contributed by atoms with Crippen LogP contribution in [0.5, 0.6) is 5.75 Å². The average Bonchev–Trinajstić information content (AvgIpc) is 3.21. The van der Waals surface area contributed by atoms with E-state index in [0.717, 1.165) is 5.56 Å². The largest absolute Gasteiger partial charge is 0.508 e. The number of phenolic OH excluding ortho intramolecular Hbond substituents is 1. The molecular formula is C18H15N3O3. The van der Waals surface area contributed by atoms with E-state index in [1.165, 1.54) is 0 Å². The smallest absolute Gasteiger partial charge is 0.256 e. The molecule has 3 aromatic rings. The SMILES string of the molecule is Cc1oc(-n2cccc2)c(C#N)c1C(=O)NCc1ccc(O)cc1. The maximum Gasteiger partial charge on any atom is 0.256 e. The van der Waals surface area contributed by atoms with Gasteiger partial charge < -0.3 is 14.8 Å². The van der Waals surface area contributed by atoms with Gasteiger partial charge in [0.1, 0.15) is 28.7 Å². The number of aromatic nitrogens is 1. The number of furan rings is 1. The van der Waals surface area contributed by atoms with Crippen LogP contribution >= 0.6 is 0 Å². The Morgan fingerprint density at radius 3 is 2.58 bits per heavy atom. The number of nitrogens with one attached hydrogen (secondary N) is 1. The van der Waals surface area contributed by atoms with Crippen molar-refractivity contribution in [3.8, 4) is 17.7 Å². The molecule has 1 aromatic carbocycles. The molecule has 0 aliphatic rings. The highest BCUT2D eigenvalue weighted by molar-refractivity contribution is 5.98. The van der Waals surface area contributed by atoms with Crippen molar-refractivity contribution in [2.24, 2.45) is 0 Å². The Morgan fingerprint density at radius 2 is 1.96 bits per heavy atom. The van der Waals surface area contributed by atoms with Crippen LogP contribution in [0.25, 0.3) is 5.88 Å². The molecule has 0 radical (unpaired) electrons. The van der Waals surface area contributed by atoms with Gasteiger partial charge in [-0.2, -0.15) is 5.26 Å². The summed E-state index contributed by atoms with van der Waals surface area (Å²) in [4.78, 5) is 12.5. The van der Waals surface area contributed by atoms with Crippen LogP contribution < -0.4 is 5.32 Å². The molecule has 0 spiro atoms. The minimum Gasteiger partial charge on any atom is -0.508 e. The van der Waals surface area contributed by atoms with Crippen molar-refractivity contribution in [2.75, 3.05) is 0 Å². The molecule has 0 atom stereocenters. The van der Waals surface area contributed by atoms with Crippen LogP contribution in [0.4, 0.5) is 0 Å². The molecule has 0 saturated carbocycles. The maximum absolute atomic E-state index is 12.5. The van der Waals surface area contributed by atoms with E-state index < -0.39 is 0 Å². The molecule has 2 heterocycles. The molecule has 0 saturated heterocycles. The summed E-state index contributed by atoms with van der Waals surface area (Å²) in [7, 11) is 0. The van der Waals surface area contributed by atoms with Gasteiger partial charge in [-0.25, -0.2) is 0 Å². The van der Waals surface area contributed by atoms with Crippen molar-refractivity contribution in [3.63, 3.8) is 0 Å². The highest BCUT2D eigenvalue weighted by Crippen LogP contribution is 2.25. The minimum absolute atomic E-state index is 0.166. The van der Waals surface area contributed by atoms with Gasteiger partial charge in [0.2, 0.25) is 5.88 Å². The summed E-state index contributed by atoms with van der Waals surface area (Å²) in [6.45, 7) is 1.94. The van der Waals surface area contributed by atoms with Gasteiger partial charge in [-0.1, -0.05) is 12.1 Å². The van der Waals surface area contributed by atoms with E-state index in [9.17, 15) is 15.2 Å². The van der Waals surface area contributed by atoms with Gasteiger partial charge in [0, 0.05) is 18.9 Å². The van der Waals surface area contributed by atoms with E-state index in [1.54, 1.807) is 48.1 Å². The fourth-order valence-corrected chi connectivity index (χ4v) is 2.44. The molecule has 0 bridgehead atoms. The van der Waals surface area contributed by atoms with Crippen LogP contribution in [0.3, 0.4) is 0 Å². The van der Waals surface area contributed by atoms with E-state index in [0.29, 0.717) is 11.6 Å². The Bertz CT molecular complexity index is 900. The second-order valence-corrected chi connectivity index (χ2v) is 5.26. The van der Waals surface area contributed by atoms with Gasteiger partial charge >= 0.3 is 0 Å². The van der Waals surface area contributed by atoms with Gasteiger partial charge in [0.15, 0.2) is 0 Å². The highest BCUT2D eigenvalue weighted by Gasteiger charge is 2.24. The number of nitriles is 1. The zero-order valence-corrected chi connectivity index (χ0v) is 13.0. The van der Waals surface area contributed by atoms with Gasteiger partial charge in [-0.15, -0.1) is 0 Å². The number of nitrogens with zero attached hydrogens (tertiary/aromatic N) is 2. The molecule has 2 N–H and O–H groups in total. The minimum atomic E-state index is -0.376. The number of rotatable bonds is 4. The molecule has 1 amide bonds. The van der Waals surface area contributed by atoms with Crippen LogP contribution in [0.15, 0.2) is 53.2 Å². The molecule has 3 rings (SSSR count). The van der Waals surface area contributed by atoms with E-state index in [2.05, 4.69) is 11.4 Å². The first kappa shape index (κ1) is 15.4. The number of aryl methyl sites for hydroxylation is 1. The predicted octanol–water partition coefficient (Wildman–Crippen LogP) is 2.89.